The van der Waals surface area contributed by atoms with E-state index in [4.69, 9.17) is 0 Å². The van der Waals surface area contributed by atoms with Crippen LogP contribution in [0.3, 0.4) is 0 Å². The molecule has 1 heteroatoms. The summed E-state index contributed by atoms with van der Waals surface area (Å²) in [5, 5.41) is 0. The van der Waals surface area contributed by atoms with Crippen LogP contribution in [0.5, 0.6) is 0 Å². The highest BCUT2D eigenvalue weighted by atomic mass is 16.1. The van der Waals surface area contributed by atoms with Crippen LogP contribution in [-0.4, -0.2) is 6.29 Å². The number of carbonyl (C=O) groups excluding carboxylic acids is 1. The summed E-state index contributed by atoms with van der Waals surface area (Å²) in [6, 6.07) is 0. The van der Waals surface area contributed by atoms with Gasteiger partial charge in [0.2, 0.25) is 0 Å². The van der Waals surface area contributed by atoms with Gasteiger partial charge in [-0.2, -0.15) is 0 Å². The molecule has 0 bridgehead atoms. The lowest BCUT2D eigenvalue weighted by Gasteiger charge is -2.46. The van der Waals surface area contributed by atoms with Crippen molar-refractivity contribution in [3.8, 4) is 0 Å². The van der Waals surface area contributed by atoms with Gasteiger partial charge in [0.25, 0.3) is 0 Å². The topological polar surface area (TPSA) is 17.1 Å². The fraction of sp³-hybridized carbons (Fsp3) is 0.962. The second-order valence-electron chi connectivity index (χ2n) is 9.92. The summed E-state index contributed by atoms with van der Waals surface area (Å²) >= 11 is 0. The lowest BCUT2D eigenvalue weighted by molar-refractivity contribution is -0.126. The predicted molar refractivity (Wildman–Crippen MR) is 118 cm³/mol. The molecule has 0 aliphatic heterocycles. The molecule has 2 aliphatic rings. The van der Waals surface area contributed by atoms with Crippen LogP contribution in [0.1, 0.15) is 136 Å². The molecule has 1 nitrogen and oxygen atoms in total. The minimum Gasteiger partial charge on any atom is -0.303 e. The van der Waals surface area contributed by atoms with E-state index in [0.29, 0.717) is 11.8 Å². The zero-order chi connectivity index (χ0) is 19.4. The second kappa shape index (κ2) is 13.0. The SMILES string of the molecule is CCCCCCCC(CC)CCC(C=O)(C1CCCCC1)C1CCCCC1. The summed E-state index contributed by atoms with van der Waals surface area (Å²) in [7, 11) is 0. The molecule has 2 rings (SSSR count). The minimum absolute atomic E-state index is 0.0243. The van der Waals surface area contributed by atoms with Crippen LogP contribution >= 0.6 is 0 Å². The monoisotopic (exact) mass is 376 g/mol. The van der Waals surface area contributed by atoms with Gasteiger partial charge in [0.15, 0.2) is 0 Å². The van der Waals surface area contributed by atoms with E-state index in [0.717, 1.165) is 5.92 Å². The van der Waals surface area contributed by atoms with Gasteiger partial charge < -0.3 is 4.79 Å². The molecule has 158 valence electrons. The summed E-state index contributed by atoms with van der Waals surface area (Å²) in [6.45, 7) is 4.67. The highest BCUT2D eigenvalue weighted by Gasteiger charge is 2.45. The van der Waals surface area contributed by atoms with Crippen LogP contribution in [0.25, 0.3) is 0 Å². The fourth-order valence-corrected chi connectivity index (χ4v) is 6.32. The molecule has 27 heavy (non-hydrogen) atoms. The molecule has 2 saturated carbocycles. The molecule has 0 N–H and O–H groups in total. The maximum Gasteiger partial charge on any atom is 0.126 e. The normalized spacial score (nSPS) is 21.3. The van der Waals surface area contributed by atoms with Crippen LogP contribution in [0, 0.1) is 23.2 Å². The van der Waals surface area contributed by atoms with E-state index in [1.54, 1.807) is 0 Å². The van der Waals surface area contributed by atoms with Gasteiger partial charge in [-0.1, -0.05) is 97.3 Å². The smallest absolute Gasteiger partial charge is 0.126 e. The molecular formula is C26H48O. The lowest BCUT2D eigenvalue weighted by atomic mass is 9.57. The third-order valence-electron chi connectivity index (χ3n) is 8.23. The highest BCUT2D eigenvalue weighted by molar-refractivity contribution is 5.61. The summed E-state index contributed by atoms with van der Waals surface area (Å²) in [6.07, 6.45) is 27.2. The van der Waals surface area contributed by atoms with E-state index in [1.165, 1.54) is 128 Å². The van der Waals surface area contributed by atoms with Crippen LogP contribution in [0.4, 0.5) is 0 Å². The van der Waals surface area contributed by atoms with Gasteiger partial charge in [-0.25, -0.2) is 0 Å². The first-order valence-corrected chi connectivity index (χ1v) is 12.7. The molecule has 2 aliphatic carbocycles. The standard InChI is InChI=1S/C26H48O/c1-3-5-6-7-10-15-23(4-2)20-21-26(22-27,24-16-11-8-12-17-24)25-18-13-9-14-19-25/h22-25H,3-21H2,1-2H3. The zero-order valence-corrected chi connectivity index (χ0v) is 18.7. The maximum absolute atomic E-state index is 12.7. The third kappa shape index (κ3) is 6.90. The highest BCUT2D eigenvalue weighted by Crippen LogP contribution is 2.51. The average molecular weight is 377 g/mol. The Morgan fingerprint density at radius 1 is 0.778 bits per heavy atom. The third-order valence-corrected chi connectivity index (χ3v) is 8.23. The zero-order valence-electron chi connectivity index (χ0n) is 18.7. The number of rotatable bonds is 13. The molecule has 0 amide bonds. The molecule has 0 saturated heterocycles. The Labute approximate surface area is 170 Å². The Morgan fingerprint density at radius 2 is 1.33 bits per heavy atom. The Morgan fingerprint density at radius 3 is 1.81 bits per heavy atom. The van der Waals surface area contributed by atoms with Crippen molar-refractivity contribution in [2.75, 3.05) is 0 Å². The van der Waals surface area contributed by atoms with Crippen LogP contribution in [0.2, 0.25) is 0 Å². The fourth-order valence-electron chi connectivity index (χ4n) is 6.32. The van der Waals surface area contributed by atoms with Crippen molar-refractivity contribution in [1.82, 2.24) is 0 Å². The summed E-state index contributed by atoms with van der Waals surface area (Å²) in [4.78, 5) is 12.7. The number of hydrogen-bond donors (Lipinski definition) is 0. The molecule has 0 aromatic rings. The first kappa shape index (κ1) is 23.0. The van der Waals surface area contributed by atoms with Gasteiger partial charge in [0, 0.05) is 5.41 Å². The van der Waals surface area contributed by atoms with Crippen molar-refractivity contribution in [1.29, 1.82) is 0 Å². The van der Waals surface area contributed by atoms with Crippen LogP contribution in [0.15, 0.2) is 0 Å². The molecule has 0 spiro atoms. The van der Waals surface area contributed by atoms with Gasteiger partial charge in [0.05, 0.1) is 0 Å². The van der Waals surface area contributed by atoms with Gasteiger partial charge in [-0.3, -0.25) is 0 Å². The number of unbranched alkanes of at least 4 members (excludes halogenated alkanes) is 4. The van der Waals surface area contributed by atoms with Gasteiger partial charge in [-0.15, -0.1) is 0 Å². The Kier molecular flexibility index (Phi) is 11.0. The molecular weight excluding hydrogens is 328 g/mol. The summed E-state index contributed by atoms with van der Waals surface area (Å²) in [5.41, 5.74) is 0.0243. The predicted octanol–water partition coefficient (Wildman–Crippen LogP) is 8.50. The van der Waals surface area contributed by atoms with E-state index in [9.17, 15) is 4.79 Å². The molecule has 0 heterocycles. The summed E-state index contributed by atoms with van der Waals surface area (Å²) < 4.78 is 0. The molecule has 0 aromatic carbocycles. The molecule has 2 fully saturated rings. The summed E-state index contributed by atoms with van der Waals surface area (Å²) in [5.74, 6) is 2.22. The largest absolute Gasteiger partial charge is 0.303 e. The number of carbonyl (C=O) groups is 1. The first-order valence-electron chi connectivity index (χ1n) is 12.7. The molecule has 1 unspecified atom stereocenters. The van der Waals surface area contributed by atoms with Gasteiger partial charge in [-0.05, 0) is 56.3 Å². The first-order chi connectivity index (χ1) is 13.3. The van der Waals surface area contributed by atoms with E-state index >= 15 is 0 Å². The molecule has 1 atom stereocenters. The van der Waals surface area contributed by atoms with E-state index in [1.807, 2.05) is 0 Å². The molecule has 0 radical (unpaired) electrons. The van der Waals surface area contributed by atoms with Crippen molar-refractivity contribution in [3.05, 3.63) is 0 Å². The lowest BCUT2D eigenvalue weighted by Crippen LogP contribution is -2.42. The van der Waals surface area contributed by atoms with Crippen molar-refractivity contribution in [3.63, 3.8) is 0 Å². The quantitative estimate of drug-likeness (QED) is 0.232. The maximum atomic E-state index is 12.7. The van der Waals surface area contributed by atoms with E-state index in [-0.39, 0.29) is 5.41 Å². The van der Waals surface area contributed by atoms with Gasteiger partial charge >= 0.3 is 0 Å². The van der Waals surface area contributed by atoms with Crippen molar-refractivity contribution in [2.24, 2.45) is 23.2 Å². The second-order valence-corrected chi connectivity index (χ2v) is 9.92. The minimum atomic E-state index is 0.0243. The Hall–Kier alpha value is -0.330. The number of aldehydes is 1. The Bertz CT molecular complexity index is 358. The van der Waals surface area contributed by atoms with Crippen LogP contribution in [-0.2, 0) is 4.79 Å². The van der Waals surface area contributed by atoms with Crippen molar-refractivity contribution < 1.29 is 4.79 Å². The Balaban J connectivity index is 1.96. The van der Waals surface area contributed by atoms with E-state index in [2.05, 4.69) is 13.8 Å². The van der Waals surface area contributed by atoms with Crippen molar-refractivity contribution in [2.45, 2.75) is 136 Å². The number of hydrogen-bond acceptors (Lipinski definition) is 1. The van der Waals surface area contributed by atoms with Crippen molar-refractivity contribution >= 4 is 6.29 Å². The van der Waals surface area contributed by atoms with E-state index < -0.39 is 0 Å². The van der Waals surface area contributed by atoms with Crippen LogP contribution < -0.4 is 0 Å². The average Bonchev–Trinajstić information content (AvgIpc) is 2.74. The molecule has 0 aromatic heterocycles. The van der Waals surface area contributed by atoms with Gasteiger partial charge in [0.1, 0.15) is 6.29 Å².